The maximum absolute atomic E-state index is 13.7. The number of amides is 4. The zero-order valence-corrected chi connectivity index (χ0v) is 28.3. The molecule has 4 bridgehead atoms. The third-order valence-corrected chi connectivity index (χ3v) is 12.0. The first-order valence-electron chi connectivity index (χ1n) is 16.9. The van der Waals surface area contributed by atoms with Crippen molar-refractivity contribution >= 4 is 31.9 Å². The number of ether oxygens (including phenoxy) is 1. The summed E-state index contributed by atoms with van der Waals surface area (Å²) in [6, 6.07) is 11.5. The molecule has 0 spiro atoms. The minimum atomic E-state index is -1.77. The highest BCUT2D eigenvalue weighted by atomic mass is 28.4. The largest absolute Gasteiger partial charge is 0.494 e. The Morgan fingerprint density at radius 3 is 1.50 bits per heavy atom. The zero-order chi connectivity index (χ0) is 32.7. The molecule has 5 rings (SSSR count). The molecule has 2 aliphatic carbocycles. The monoisotopic (exact) mass is 648 g/mol. The van der Waals surface area contributed by atoms with Crippen LogP contribution in [0.5, 0.6) is 5.75 Å². The molecule has 0 saturated heterocycles. The molecule has 2 saturated carbocycles. The zero-order valence-electron chi connectivity index (χ0n) is 27.3. The van der Waals surface area contributed by atoms with Gasteiger partial charge in [0.1, 0.15) is 5.75 Å². The van der Waals surface area contributed by atoms with Gasteiger partial charge in [0.2, 0.25) is 0 Å². The standard InChI is InChI=1S/C35H48N4O6Si/c1-4-45-46(2,3)18-10-17-44-27-21-25-20-26(22-27)35(43)39-31-16-8-6-14-29(31)37-33(41)24-12-9-11-23(19-24)32(40)36-28-13-5-7-15-30(28)38-34(25)42/h9,11-12,19-22,28-31H,4-8,10,13-18H2,1-3H3,(H,36,40)(H,37,41)(H,38,42)(H,39,43)/t28-,29-,30-,31-/m0/s1. The Kier molecular flexibility index (Phi) is 11.2. The summed E-state index contributed by atoms with van der Waals surface area (Å²) in [5.41, 5.74) is 1.42. The molecule has 0 unspecified atom stereocenters. The number of fused-ring (bicyclic) bond motifs is 6. The predicted molar refractivity (Wildman–Crippen MR) is 179 cm³/mol. The van der Waals surface area contributed by atoms with E-state index in [-0.39, 0.29) is 47.8 Å². The summed E-state index contributed by atoms with van der Waals surface area (Å²) in [5, 5.41) is 12.5. The minimum absolute atomic E-state index is 0.273. The van der Waals surface area contributed by atoms with E-state index in [2.05, 4.69) is 34.4 Å². The molecule has 2 aromatic carbocycles. The summed E-state index contributed by atoms with van der Waals surface area (Å²) in [7, 11) is -1.77. The first-order valence-corrected chi connectivity index (χ1v) is 20.0. The van der Waals surface area contributed by atoms with Gasteiger partial charge in [0, 0.05) is 53.0 Å². The highest BCUT2D eigenvalue weighted by Crippen LogP contribution is 2.25. The Hall–Kier alpha value is -3.70. The lowest BCUT2D eigenvalue weighted by Gasteiger charge is -2.33. The summed E-state index contributed by atoms with van der Waals surface area (Å²) in [6.07, 6.45) is 7.37. The van der Waals surface area contributed by atoms with Gasteiger partial charge in [-0.3, -0.25) is 19.2 Å². The Bertz CT molecular complexity index is 1350. The second-order valence-electron chi connectivity index (χ2n) is 13.4. The summed E-state index contributed by atoms with van der Waals surface area (Å²) in [6.45, 7) is 7.51. The highest BCUT2D eigenvalue weighted by Gasteiger charge is 2.31. The van der Waals surface area contributed by atoms with E-state index >= 15 is 0 Å². The number of rotatable bonds is 7. The van der Waals surface area contributed by atoms with Gasteiger partial charge in [-0.25, -0.2) is 0 Å². The normalized spacial score (nSPS) is 24.2. The quantitative estimate of drug-likeness (QED) is 0.248. The fourth-order valence-corrected chi connectivity index (χ4v) is 8.78. The smallest absolute Gasteiger partial charge is 0.251 e. The van der Waals surface area contributed by atoms with Crippen molar-refractivity contribution in [3.05, 3.63) is 64.7 Å². The van der Waals surface area contributed by atoms with Gasteiger partial charge in [0.15, 0.2) is 8.32 Å². The SMILES string of the molecule is CCO[Si](C)(C)CCCOc1cc2cc(c1)C(=O)N[C@H]1CCCC[C@@H]1NC(=O)c1cccc(c1)C(=O)N[C@H]1CCCC[C@@H]1NC2=O. The Morgan fingerprint density at radius 2 is 1.07 bits per heavy atom. The molecule has 4 atom stereocenters. The summed E-state index contributed by atoms with van der Waals surface area (Å²) >= 11 is 0. The van der Waals surface area contributed by atoms with Crippen LogP contribution in [0.3, 0.4) is 0 Å². The van der Waals surface area contributed by atoms with Crippen LogP contribution >= 0.6 is 0 Å². The fourth-order valence-electron chi connectivity index (χ4n) is 6.86. The Balaban J connectivity index is 1.44. The maximum Gasteiger partial charge on any atom is 0.251 e. The number of hydrogen-bond donors (Lipinski definition) is 4. The van der Waals surface area contributed by atoms with E-state index in [1.165, 1.54) is 0 Å². The lowest BCUT2D eigenvalue weighted by atomic mass is 9.89. The van der Waals surface area contributed by atoms with E-state index in [0.717, 1.165) is 51.0 Å². The van der Waals surface area contributed by atoms with Crippen molar-refractivity contribution in [1.29, 1.82) is 0 Å². The average molecular weight is 649 g/mol. The predicted octanol–water partition coefficient (Wildman–Crippen LogP) is 4.95. The van der Waals surface area contributed by atoms with Crippen LogP contribution in [0.4, 0.5) is 0 Å². The lowest BCUT2D eigenvalue weighted by molar-refractivity contribution is 0.0854. The second kappa shape index (κ2) is 15.3. The molecule has 1 heterocycles. The van der Waals surface area contributed by atoms with Crippen LogP contribution in [0.25, 0.3) is 0 Å². The van der Waals surface area contributed by atoms with E-state index in [9.17, 15) is 19.2 Å². The molecule has 11 heteroatoms. The Morgan fingerprint density at radius 1 is 0.652 bits per heavy atom. The molecule has 1 aliphatic heterocycles. The van der Waals surface area contributed by atoms with Crippen LogP contribution < -0.4 is 26.0 Å². The van der Waals surface area contributed by atoms with Gasteiger partial charge >= 0.3 is 0 Å². The molecular formula is C35H48N4O6Si. The number of carbonyl (C=O) groups is 4. The lowest BCUT2D eigenvalue weighted by Crippen LogP contribution is -2.53. The summed E-state index contributed by atoms with van der Waals surface area (Å²) in [5.74, 6) is -0.748. The Labute approximate surface area is 272 Å². The van der Waals surface area contributed by atoms with Crippen molar-refractivity contribution in [2.75, 3.05) is 13.2 Å². The van der Waals surface area contributed by atoms with E-state index < -0.39 is 8.32 Å². The highest BCUT2D eigenvalue weighted by molar-refractivity contribution is 6.71. The van der Waals surface area contributed by atoms with Gasteiger partial charge in [-0.1, -0.05) is 31.7 Å². The third-order valence-electron chi connectivity index (χ3n) is 9.34. The van der Waals surface area contributed by atoms with Crippen LogP contribution in [0.1, 0.15) is 106 Å². The molecule has 2 fully saturated rings. The molecule has 46 heavy (non-hydrogen) atoms. The van der Waals surface area contributed by atoms with Crippen LogP contribution in [0, 0.1) is 0 Å². The van der Waals surface area contributed by atoms with E-state index in [1.807, 2.05) is 6.92 Å². The van der Waals surface area contributed by atoms with Gasteiger partial charge < -0.3 is 30.4 Å². The number of nitrogens with one attached hydrogen (secondary N) is 4. The molecule has 3 aliphatic rings. The van der Waals surface area contributed by atoms with Gasteiger partial charge in [-0.2, -0.15) is 0 Å². The molecule has 0 aromatic heterocycles. The summed E-state index contributed by atoms with van der Waals surface area (Å²) in [4.78, 5) is 54.2. The van der Waals surface area contributed by atoms with Gasteiger partial charge in [0.05, 0.1) is 6.61 Å². The van der Waals surface area contributed by atoms with Gasteiger partial charge in [-0.15, -0.1) is 0 Å². The molecule has 2 aromatic rings. The van der Waals surface area contributed by atoms with Crippen LogP contribution in [0.15, 0.2) is 42.5 Å². The van der Waals surface area contributed by atoms with Crippen molar-refractivity contribution in [2.24, 2.45) is 0 Å². The average Bonchev–Trinajstić information content (AvgIpc) is 3.04. The van der Waals surface area contributed by atoms with Crippen molar-refractivity contribution in [1.82, 2.24) is 21.3 Å². The first-order chi connectivity index (χ1) is 22.1. The van der Waals surface area contributed by atoms with Gasteiger partial charge in [0.25, 0.3) is 23.6 Å². The van der Waals surface area contributed by atoms with Crippen molar-refractivity contribution in [2.45, 2.75) is 108 Å². The van der Waals surface area contributed by atoms with E-state index in [1.54, 1.807) is 42.5 Å². The minimum Gasteiger partial charge on any atom is -0.494 e. The number of carbonyl (C=O) groups excluding carboxylic acids is 4. The van der Waals surface area contributed by atoms with Crippen LogP contribution in [-0.4, -0.2) is 69.3 Å². The first kappa shape index (κ1) is 33.7. The number of benzene rings is 2. The van der Waals surface area contributed by atoms with Crippen LogP contribution in [-0.2, 0) is 4.43 Å². The van der Waals surface area contributed by atoms with Crippen molar-refractivity contribution in [3.63, 3.8) is 0 Å². The molecule has 4 amide bonds. The number of hydrogen-bond acceptors (Lipinski definition) is 6. The topological polar surface area (TPSA) is 135 Å². The molecule has 248 valence electrons. The second-order valence-corrected chi connectivity index (χ2v) is 17.7. The third kappa shape index (κ3) is 8.76. The van der Waals surface area contributed by atoms with E-state index in [4.69, 9.17) is 9.16 Å². The molecule has 10 nitrogen and oxygen atoms in total. The van der Waals surface area contributed by atoms with Gasteiger partial charge in [-0.05, 0) is 94.6 Å². The molecule has 4 N–H and O–H groups in total. The van der Waals surface area contributed by atoms with Crippen molar-refractivity contribution < 1.29 is 28.3 Å². The molecular weight excluding hydrogens is 600 g/mol. The molecule has 0 radical (unpaired) electrons. The van der Waals surface area contributed by atoms with E-state index in [0.29, 0.717) is 54.1 Å². The van der Waals surface area contributed by atoms with Crippen molar-refractivity contribution in [3.8, 4) is 5.75 Å². The maximum atomic E-state index is 13.7. The van der Waals surface area contributed by atoms with Crippen LogP contribution in [0.2, 0.25) is 19.1 Å². The fraction of sp³-hybridized carbons (Fsp3) is 0.543. The summed E-state index contributed by atoms with van der Waals surface area (Å²) < 4.78 is 12.1.